The van der Waals surface area contributed by atoms with Crippen LogP contribution in [-0.4, -0.2) is 33.6 Å². The van der Waals surface area contributed by atoms with Crippen LogP contribution in [0, 0.1) is 5.92 Å². The fourth-order valence-electron chi connectivity index (χ4n) is 2.90. The van der Waals surface area contributed by atoms with Crippen molar-refractivity contribution < 1.29 is 22.8 Å². The van der Waals surface area contributed by atoms with Gasteiger partial charge < -0.3 is 15.2 Å². The minimum Gasteiger partial charge on any atom is -0.352 e. The molecule has 1 atom stereocenters. The van der Waals surface area contributed by atoms with Crippen LogP contribution in [0.25, 0.3) is 0 Å². The summed E-state index contributed by atoms with van der Waals surface area (Å²) in [7, 11) is 0. The van der Waals surface area contributed by atoms with Crippen molar-refractivity contribution in [3.63, 3.8) is 0 Å². The quantitative estimate of drug-likeness (QED) is 0.695. The highest BCUT2D eigenvalue weighted by Crippen LogP contribution is 2.31. The Kier molecular flexibility index (Phi) is 7.59. The molecule has 2 heterocycles. The van der Waals surface area contributed by atoms with Gasteiger partial charge in [-0.15, -0.1) is 0 Å². The third-order valence-corrected chi connectivity index (χ3v) is 4.15. The molecule has 2 aromatic heterocycles. The van der Waals surface area contributed by atoms with E-state index in [9.17, 15) is 27.6 Å². The highest BCUT2D eigenvalue weighted by Gasteiger charge is 2.43. The Hall–Kier alpha value is -3.17. The molecule has 2 rings (SSSR count). The zero-order valence-electron chi connectivity index (χ0n) is 17.7. The molecule has 7 nitrogen and oxygen atoms in total. The molecule has 0 bridgehead atoms. The van der Waals surface area contributed by atoms with Gasteiger partial charge in [0.2, 0.25) is 5.43 Å². The van der Waals surface area contributed by atoms with E-state index in [4.69, 9.17) is 0 Å². The largest absolute Gasteiger partial charge is 0.414 e. The third-order valence-electron chi connectivity index (χ3n) is 4.15. The monoisotopic (exact) mass is 438 g/mol. The summed E-state index contributed by atoms with van der Waals surface area (Å²) < 4.78 is 42.2. The summed E-state index contributed by atoms with van der Waals surface area (Å²) in [6.45, 7) is 7.51. The van der Waals surface area contributed by atoms with Crippen LogP contribution < -0.4 is 16.1 Å². The second-order valence-corrected chi connectivity index (χ2v) is 7.84. The van der Waals surface area contributed by atoms with E-state index in [0.29, 0.717) is 6.54 Å². The third kappa shape index (κ3) is 6.40. The minimum absolute atomic E-state index is 0.0934. The van der Waals surface area contributed by atoms with Gasteiger partial charge in [0.25, 0.3) is 11.8 Å². The average Bonchev–Trinajstić information content (AvgIpc) is 2.65. The maximum Gasteiger partial charge on any atom is 0.414 e. The molecule has 2 aromatic rings. The standard InChI is InChI=1S/C21H25F3N4O3/c1-12(2)9-28-10-14(19(30)26-13(3)4)17(29)15(11-28)20(31)27-18(21(22,23)24)16-7-5-6-8-25-16/h5-8,10-13,18H,9H2,1-4H3,(H,26,30)(H,27,31)/t18-/m0/s1. The number of aromatic nitrogens is 2. The van der Waals surface area contributed by atoms with E-state index in [2.05, 4.69) is 10.3 Å². The van der Waals surface area contributed by atoms with Crippen molar-refractivity contribution in [1.29, 1.82) is 0 Å². The molecule has 0 spiro atoms. The summed E-state index contributed by atoms with van der Waals surface area (Å²) in [5.41, 5.74) is -2.23. The van der Waals surface area contributed by atoms with E-state index in [-0.39, 0.29) is 17.5 Å². The molecular formula is C21H25F3N4O3. The van der Waals surface area contributed by atoms with Crippen molar-refractivity contribution >= 4 is 11.8 Å². The Morgan fingerprint density at radius 1 is 1.03 bits per heavy atom. The van der Waals surface area contributed by atoms with Crippen molar-refractivity contribution in [2.24, 2.45) is 5.92 Å². The van der Waals surface area contributed by atoms with Crippen LogP contribution in [-0.2, 0) is 6.54 Å². The fourth-order valence-corrected chi connectivity index (χ4v) is 2.90. The number of nitrogens with one attached hydrogen (secondary N) is 2. The second-order valence-electron chi connectivity index (χ2n) is 7.84. The predicted molar refractivity (Wildman–Crippen MR) is 109 cm³/mol. The van der Waals surface area contributed by atoms with E-state index >= 15 is 0 Å². The molecule has 0 saturated carbocycles. The lowest BCUT2D eigenvalue weighted by atomic mass is 10.1. The van der Waals surface area contributed by atoms with E-state index in [0.717, 1.165) is 12.3 Å². The number of hydrogen-bond donors (Lipinski definition) is 2. The van der Waals surface area contributed by atoms with Gasteiger partial charge in [-0.05, 0) is 31.9 Å². The van der Waals surface area contributed by atoms with Crippen molar-refractivity contribution in [2.75, 3.05) is 0 Å². The first-order chi connectivity index (χ1) is 14.4. The minimum atomic E-state index is -4.84. The summed E-state index contributed by atoms with van der Waals surface area (Å²) >= 11 is 0. The lowest BCUT2D eigenvalue weighted by Crippen LogP contribution is -2.42. The molecule has 0 fully saturated rings. The Balaban J connectivity index is 2.50. The van der Waals surface area contributed by atoms with Crippen LogP contribution in [0.3, 0.4) is 0 Å². The van der Waals surface area contributed by atoms with Gasteiger partial charge in [-0.3, -0.25) is 19.4 Å². The summed E-state index contributed by atoms with van der Waals surface area (Å²) in [4.78, 5) is 41.7. The lowest BCUT2D eigenvalue weighted by molar-refractivity contribution is -0.156. The van der Waals surface area contributed by atoms with Gasteiger partial charge in [-0.1, -0.05) is 19.9 Å². The predicted octanol–water partition coefficient (Wildman–Crippen LogP) is 3.07. The van der Waals surface area contributed by atoms with Gasteiger partial charge in [0.05, 0.1) is 5.69 Å². The molecule has 0 saturated heterocycles. The first-order valence-corrected chi connectivity index (χ1v) is 9.73. The first kappa shape index (κ1) is 24.1. The van der Waals surface area contributed by atoms with Crippen molar-refractivity contribution in [3.8, 4) is 0 Å². The maximum absolute atomic E-state index is 13.6. The van der Waals surface area contributed by atoms with Crippen LogP contribution in [0.2, 0.25) is 0 Å². The number of pyridine rings is 2. The molecule has 2 N–H and O–H groups in total. The molecular weight excluding hydrogens is 413 g/mol. The SMILES string of the molecule is CC(C)Cn1cc(C(=O)NC(C)C)c(=O)c(C(=O)N[C@@H](c2ccccn2)C(F)(F)F)c1. The molecule has 0 unspecified atom stereocenters. The molecule has 2 amide bonds. The van der Waals surface area contributed by atoms with E-state index in [1.165, 1.54) is 29.1 Å². The van der Waals surface area contributed by atoms with Gasteiger partial charge >= 0.3 is 6.18 Å². The van der Waals surface area contributed by atoms with Gasteiger partial charge in [-0.2, -0.15) is 13.2 Å². The van der Waals surface area contributed by atoms with Gasteiger partial charge in [0.1, 0.15) is 11.1 Å². The average molecular weight is 438 g/mol. The number of hydrogen-bond acceptors (Lipinski definition) is 4. The Labute approximate surface area is 177 Å². The van der Waals surface area contributed by atoms with Crippen LogP contribution in [0.4, 0.5) is 13.2 Å². The molecule has 0 aromatic carbocycles. The number of rotatable bonds is 7. The van der Waals surface area contributed by atoms with Crippen LogP contribution in [0.1, 0.15) is 60.1 Å². The number of halogens is 3. The number of alkyl halides is 3. The zero-order valence-corrected chi connectivity index (χ0v) is 17.7. The number of carbonyl (C=O) groups excluding carboxylic acids is 2. The van der Waals surface area contributed by atoms with E-state index in [1.54, 1.807) is 13.8 Å². The Bertz CT molecular complexity index is 986. The van der Waals surface area contributed by atoms with E-state index < -0.39 is 40.7 Å². The first-order valence-electron chi connectivity index (χ1n) is 9.73. The van der Waals surface area contributed by atoms with Crippen LogP contribution in [0.5, 0.6) is 0 Å². The Morgan fingerprint density at radius 2 is 1.61 bits per heavy atom. The fraction of sp³-hybridized carbons (Fsp3) is 0.429. The summed E-state index contributed by atoms with van der Waals surface area (Å²) in [6.07, 6.45) is -1.20. The summed E-state index contributed by atoms with van der Waals surface area (Å²) in [5, 5.41) is 4.41. The summed E-state index contributed by atoms with van der Waals surface area (Å²) in [6, 6.07) is 1.25. The molecule has 0 radical (unpaired) electrons. The number of amides is 2. The smallest absolute Gasteiger partial charge is 0.352 e. The van der Waals surface area contributed by atoms with Crippen LogP contribution in [0.15, 0.2) is 41.6 Å². The molecule has 0 aliphatic heterocycles. The van der Waals surface area contributed by atoms with Crippen molar-refractivity contribution in [2.45, 2.75) is 52.5 Å². The summed E-state index contributed by atoms with van der Waals surface area (Å²) in [5.74, 6) is -1.85. The maximum atomic E-state index is 13.6. The zero-order chi connectivity index (χ0) is 23.3. The molecule has 31 heavy (non-hydrogen) atoms. The molecule has 168 valence electrons. The van der Waals surface area contributed by atoms with E-state index in [1.807, 2.05) is 19.2 Å². The Morgan fingerprint density at radius 3 is 2.06 bits per heavy atom. The van der Waals surface area contributed by atoms with Crippen molar-refractivity contribution in [3.05, 3.63) is 63.8 Å². The highest BCUT2D eigenvalue weighted by atomic mass is 19.4. The molecule has 0 aliphatic rings. The normalized spacial score (nSPS) is 12.7. The lowest BCUT2D eigenvalue weighted by Gasteiger charge is -2.21. The number of nitrogens with zero attached hydrogens (tertiary/aromatic N) is 2. The van der Waals surface area contributed by atoms with Gasteiger partial charge in [0.15, 0.2) is 6.04 Å². The van der Waals surface area contributed by atoms with Crippen molar-refractivity contribution in [1.82, 2.24) is 20.2 Å². The highest BCUT2D eigenvalue weighted by molar-refractivity contribution is 5.99. The molecule has 10 heteroatoms. The number of carbonyl (C=O) groups is 2. The van der Waals surface area contributed by atoms with Gasteiger partial charge in [-0.25, -0.2) is 0 Å². The second kappa shape index (κ2) is 9.76. The van der Waals surface area contributed by atoms with Crippen LogP contribution >= 0.6 is 0 Å². The van der Waals surface area contributed by atoms with Gasteiger partial charge in [0, 0.05) is 31.2 Å². The topological polar surface area (TPSA) is 93.1 Å². The molecule has 0 aliphatic carbocycles.